The standard InChI is InChI=1S/C42H44N2O7S2/c1-28-13-23-35(24-14-28)53(47,48)44-36(25-30-9-5-4-6-10-30)41(46)43-34-21-19-33(20-22-34)42-50-38(27-52-39-12-8-7-11-37(39)49-3)29(2)40(51-42)32-17-15-31(26-45)16-18-32/h4-24,29,36,38,40,42,44-45H,25-27H2,1-3H3,(H,43,46)/t29-,36-,38+,40+,42+/m1/s1. The number of carbonyl (C=O) groups is 1. The normalized spacial score (nSPS) is 19.3. The van der Waals surface area contributed by atoms with E-state index in [9.17, 15) is 18.3 Å². The number of rotatable bonds is 14. The second-order valence-corrected chi connectivity index (χ2v) is 15.8. The van der Waals surface area contributed by atoms with Gasteiger partial charge in [0.2, 0.25) is 15.9 Å². The Balaban J connectivity index is 1.20. The van der Waals surface area contributed by atoms with Crippen LogP contribution in [0.1, 0.15) is 47.1 Å². The summed E-state index contributed by atoms with van der Waals surface area (Å²) in [5.41, 5.74) is 4.81. The van der Waals surface area contributed by atoms with E-state index in [0.29, 0.717) is 11.4 Å². The van der Waals surface area contributed by atoms with Gasteiger partial charge in [-0.05, 0) is 66.4 Å². The summed E-state index contributed by atoms with van der Waals surface area (Å²) in [5, 5.41) is 12.5. The number of carbonyl (C=O) groups excluding carboxylic acids is 1. The molecule has 3 N–H and O–H groups in total. The van der Waals surface area contributed by atoms with Gasteiger partial charge in [0.1, 0.15) is 11.8 Å². The van der Waals surface area contributed by atoms with Gasteiger partial charge < -0.3 is 24.6 Å². The first kappa shape index (κ1) is 38.2. The van der Waals surface area contributed by atoms with Crippen LogP contribution in [0.15, 0.2) is 137 Å². The summed E-state index contributed by atoms with van der Waals surface area (Å²) in [6.07, 6.45) is -1.02. The number of amides is 1. The van der Waals surface area contributed by atoms with E-state index in [-0.39, 0.29) is 36.0 Å². The summed E-state index contributed by atoms with van der Waals surface area (Å²) in [7, 11) is -2.33. The molecule has 6 rings (SSSR count). The number of ether oxygens (including phenoxy) is 3. The summed E-state index contributed by atoms with van der Waals surface area (Å²) in [5.74, 6) is 0.965. The number of aliphatic hydroxyl groups excluding tert-OH is 1. The molecule has 0 unspecified atom stereocenters. The van der Waals surface area contributed by atoms with Crippen molar-refractivity contribution in [2.24, 2.45) is 5.92 Å². The molecule has 53 heavy (non-hydrogen) atoms. The third-order valence-electron chi connectivity index (χ3n) is 9.27. The Morgan fingerprint density at radius 2 is 1.49 bits per heavy atom. The van der Waals surface area contributed by atoms with E-state index in [1.807, 2.05) is 97.9 Å². The van der Waals surface area contributed by atoms with Gasteiger partial charge in [0.15, 0.2) is 6.29 Å². The molecule has 0 radical (unpaired) electrons. The Bertz CT molecular complexity index is 2060. The lowest BCUT2D eigenvalue weighted by molar-refractivity contribution is -0.268. The number of methoxy groups -OCH3 is 1. The Hall–Kier alpha value is -4.49. The number of sulfonamides is 1. The highest BCUT2D eigenvalue weighted by Crippen LogP contribution is 2.43. The molecule has 0 aromatic heterocycles. The molecule has 0 saturated carbocycles. The van der Waals surface area contributed by atoms with Crippen molar-refractivity contribution in [2.45, 2.75) is 61.2 Å². The van der Waals surface area contributed by atoms with Crippen molar-refractivity contribution in [2.75, 3.05) is 18.2 Å². The third-order valence-corrected chi connectivity index (χ3v) is 11.9. The first-order valence-corrected chi connectivity index (χ1v) is 19.9. The molecule has 276 valence electrons. The van der Waals surface area contributed by atoms with Crippen molar-refractivity contribution in [3.05, 3.63) is 155 Å². The molecule has 11 heteroatoms. The molecule has 5 aromatic rings. The molecule has 0 aliphatic carbocycles. The second-order valence-electron chi connectivity index (χ2n) is 13.1. The molecule has 0 spiro atoms. The van der Waals surface area contributed by atoms with Crippen molar-refractivity contribution in [3.63, 3.8) is 0 Å². The van der Waals surface area contributed by atoms with Gasteiger partial charge in [-0.15, -0.1) is 11.8 Å². The summed E-state index contributed by atoms with van der Waals surface area (Å²) in [6.45, 7) is 3.95. The Labute approximate surface area is 315 Å². The van der Waals surface area contributed by atoms with Crippen molar-refractivity contribution in [1.82, 2.24) is 4.72 Å². The summed E-state index contributed by atoms with van der Waals surface area (Å²) in [6, 6.07) is 37.6. The molecule has 1 fully saturated rings. The van der Waals surface area contributed by atoms with Gasteiger partial charge in [-0.2, -0.15) is 4.72 Å². The minimum Gasteiger partial charge on any atom is -0.496 e. The predicted molar refractivity (Wildman–Crippen MR) is 207 cm³/mol. The minimum absolute atomic E-state index is 0.00256. The third kappa shape index (κ3) is 9.74. The fourth-order valence-corrected chi connectivity index (χ4v) is 8.57. The van der Waals surface area contributed by atoms with Crippen LogP contribution in [-0.4, -0.2) is 44.4 Å². The van der Waals surface area contributed by atoms with Crippen LogP contribution in [-0.2, 0) is 37.3 Å². The first-order valence-electron chi connectivity index (χ1n) is 17.4. The summed E-state index contributed by atoms with van der Waals surface area (Å²) >= 11 is 1.66. The van der Waals surface area contributed by atoms with Crippen LogP contribution < -0.4 is 14.8 Å². The first-order chi connectivity index (χ1) is 25.6. The van der Waals surface area contributed by atoms with Gasteiger partial charge in [0, 0.05) is 27.8 Å². The van der Waals surface area contributed by atoms with E-state index in [1.165, 1.54) is 12.1 Å². The lowest BCUT2D eigenvalue weighted by Gasteiger charge is -2.41. The minimum atomic E-state index is -3.99. The largest absolute Gasteiger partial charge is 0.496 e. The zero-order valence-electron chi connectivity index (χ0n) is 29.8. The maximum absolute atomic E-state index is 13.7. The van der Waals surface area contributed by atoms with E-state index in [0.717, 1.165) is 38.5 Å². The van der Waals surface area contributed by atoms with Crippen LogP contribution in [0.2, 0.25) is 0 Å². The Morgan fingerprint density at radius 1 is 0.830 bits per heavy atom. The number of thioether (sulfide) groups is 1. The SMILES string of the molecule is COc1ccccc1SC[C@@H]1O[C@H](c2ccc(NC(=O)[C@@H](Cc3ccccc3)NS(=O)(=O)c3ccc(C)cc3)cc2)O[C@H](c2ccc(CO)cc2)[C@@H]1C. The smallest absolute Gasteiger partial charge is 0.242 e. The van der Waals surface area contributed by atoms with Crippen LogP contribution in [0.4, 0.5) is 5.69 Å². The van der Waals surface area contributed by atoms with E-state index in [2.05, 4.69) is 17.0 Å². The van der Waals surface area contributed by atoms with E-state index in [1.54, 1.807) is 43.1 Å². The van der Waals surface area contributed by atoms with Crippen LogP contribution >= 0.6 is 11.8 Å². The average Bonchev–Trinajstić information content (AvgIpc) is 3.18. The fraction of sp³-hybridized carbons (Fsp3) is 0.262. The van der Waals surface area contributed by atoms with Gasteiger partial charge in [0.25, 0.3) is 0 Å². The summed E-state index contributed by atoms with van der Waals surface area (Å²) < 4.78 is 48.1. The highest BCUT2D eigenvalue weighted by molar-refractivity contribution is 7.99. The molecule has 1 saturated heterocycles. The molecule has 1 heterocycles. The molecule has 9 nitrogen and oxygen atoms in total. The Kier molecular flexibility index (Phi) is 12.7. The maximum atomic E-state index is 13.7. The second kappa shape index (κ2) is 17.6. The molecular weight excluding hydrogens is 709 g/mol. The zero-order chi connectivity index (χ0) is 37.4. The number of nitrogens with one attached hydrogen (secondary N) is 2. The van der Waals surface area contributed by atoms with Crippen LogP contribution in [0, 0.1) is 12.8 Å². The number of benzene rings is 5. The number of para-hydroxylation sites is 1. The summed E-state index contributed by atoms with van der Waals surface area (Å²) in [4.78, 5) is 14.8. The highest BCUT2D eigenvalue weighted by Gasteiger charge is 2.38. The van der Waals surface area contributed by atoms with Crippen molar-refractivity contribution >= 4 is 33.4 Å². The van der Waals surface area contributed by atoms with E-state index < -0.39 is 28.3 Å². The molecule has 1 aliphatic rings. The van der Waals surface area contributed by atoms with E-state index >= 15 is 0 Å². The van der Waals surface area contributed by atoms with E-state index in [4.69, 9.17) is 14.2 Å². The topological polar surface area (TPSA) is 123 Å². The highest BCUT2D eigenvalue weighted by atomic mass is 32.2. The maximum Gasteiger partial charge on any atom is 0.242 e. The zero-order valence-corrected chi connectivity index (χ0v) is 31.5. The van der Waals surface area contributed by atoms with Crippen LogP contribution in [0.25, 0.3) is 0 Å². The van der Waals surface area contributed by atoms with Gasteiger partial charge in [0.05, 0.1) is 30.8 Å². The molecule has 1 amide bonds. The van der Waals surface area contributed by atoms with Crippen LogP contribution in [0.5, 0.6) is 5.75 Å². The van der Waals surface area contributed by atoms with Crippen molar-refractivity contribution < 1.29 is 32.5 Å². The monoisotopic (exact) mass is 752 g/mol. The predicted octanol–water partition coefficient (Wildman–Crippen LogP) is 7.61. The van der Waals surface area contributed by atoms with Gasteiger partial charge in [-0.1, -0.05) is 103 Å². The Morgan fingerprint density at radius 3 is 2.17 bits per heavy atom. The van der Waals surface area contributed by atoms with Crippen molar-refractivity contribution in [3.8, 4) is 5.75 Å². The van der Waals surface area contributed by atoms with Crippen LogP contribution in [0.3, 0.4) is 0 Å². The van der Waals surface area contributed by atoms with Gasteiger partial charge in [-0.25, -0.2) is 8.42 Å². The molecule has 5 aromatic carbocycles. The molecule has 1 aliphatic heterocycles. The number of aliphatic hydroxyl groups is 1. The molecular formula is C42H44N2O7S2. The van der Waals surface area contributed by atoms with Crippen molar-refractivity contribution in [1.29, 1.82) is 0 Å². The van der Waals surface area contributed by atoms with Gasteiger partial charge in [-0.3, -0.25) is 4.79 Å². The molecule has 5 atom stereocenters. The lowest BCUT2D eigenvalue weighted by atomic mass is 9.91. The fourth-order valence-electron chi connectivity index (χ4n) is 6.18. The number of aryl methyl sites for hydroxylation is 1. The number of anilines is 1. The number of hydrogen-bond acceptors (Lipinski definition) is 8. The lowest BCUT2D eigenvalue weighted by Crippen LogP contribution is -2.45. The number of hydrogen-bond donors (Lipinski definition) is 3. The molecule has 0 bridgehead atoms. The average molecular weight is 753 g/mol. The van der Waals surface area contributed by atoms with Gasteiger partial charge >= 0.3 is 0 Å². The quantitative estimate of drug-likeness (QED) is 0.0992.